The Balaban J connectivity index is 2.41. The van der Waals surface area contributed by atoms with Gasteiger partial charge < -0.3 is 15.5 Å². The SMILES string of the molecule is O=C(O)NCCN1C(=O)CC(O)C1=O. The molecule has 0 spiro atoms. The monoisotopic (exact) mass is 202 g/mol. The molecule has 1 heterocycles. The Kier molecular flexibility index (Phi) is 3.03. The number of nitrogens with zero attached hydrogens (tertiary/aromatic N) is 1. The molecular weight excluding hydrogens is 192 g/mol. The molecule has 1 aliphatic rings. The fraction of sp³-hybridized carbons (Fsp3) is 0.571. The topological polar surface area (TPSA) is 107 Å². The first-order valence-corrected chi connectivity index (χ1v) is 4.01. The van der Waals surface area contributed by atoms with Crippen molar-refractivity contribution in [2.45, 2.75) is 12.5 Å². The van der Waals surface area contributed by atoms with Crippen LogP contribution in [0.2, 0.25) is 0 Å². The maximum atomic E-state index is 11.1. The molecule has 0 aromatic carbocycles. The number of rotatable bonds is 3. The van der Waals surface area contributed by atoms with Gasteiger partial charge in [0.25, 0.3) is 5.91 Å². The normalized spacial score (nSPS) is 21.5. The predicted molar refractivity (Wildman–Crippen MR) is 43.4 cm³/mol. The van der Waals surface area contributed by atoms with Crippen molar-refractivity contribution in [1.82, 2.24) is 10.2 Å². The Hall–Kier alpha value is -1.63. The van der Waals surface area contributed by atoms with Crippen molar-refractivity contribution < 1.29 is 24.6 Å². The van der Waals surface area contributed by atoms with Gasteiger partial charge in [0.1, 0.15) is 6.10 Å². The van der Waals surface area contributed by atoms with Gasteiger partial charge in [-0.25, -0.2) is 4.79 Å². The van der Waals surface area contributed by atoms with E-state index in [1.54, 1.807) is 0 Å². The van der Waals surface area contributed by atoms with Gasteiger partial charge in [-0.1, -0.05) is 0 Å². The van der Waals surface area contributed by atoms with Gasteiger partial charge in [0.15, 0.2) is 0 Å². The molecule has 0 saturated carbocycles. The van der Waals surface area contributed by atoms with Crippen molar-refractivity contribution in [1.29, 1.82) is 0 Å². The summed E-state index contributed by atoms with van der Waals surface area (Å²) in [6.45, 7) is -0.0689. The first-order valence-electron chi connectivity index (χ1n) is 4.01. The summed E-state index contributed by atoms with van der Waals surface area (Å²) < 4.78 is 0. The molecule has 14 heavy (non-hydrogen) atoms. The molecule has 0 bridgehead atoms. The number of imide groups is 1. The van der Waals surface area contributed by atoms with Crippen molar-refractivity contribution >= 4 is 17.9 Å². The molecular formula is C7H10N2O5. The fourth-order valence-corrected chi connectivity index (χ4v) is 1.18. The number of hydrogen-bond donors (Lipinski definition) is 3. The van der Waals surface area contributed by atoms with Gasteiger partial charge in [-0.2, -0.15) is 0 Å². The average Bonchev–Trinajstić information content (AvgIpc) is 2.31. The van der Waals surface area contributed by atoms with Crippen molar-refractivity contribution in [2.24, 2.45) is 0 Å². The summed E-state index contributed by atoms with van der Waals surface area (Å²) in [5, 5.41) is 19.2. The Morgan fingerprint density at radius 1 is 1.57 bits per heavy atom. The quantitative estimate of drug-likeness (QED) is 0.476. The Bertz CT molecular complexity index is 277. The molecule has 7 heteroatoms. The van der Waals surface area contributed by atoms with Gasteiger partial charge in [-0.05, 0) is 0 Å². The van der Waals surface area contributed by atoms with Gasteiger partial charge in [0.2, 0.25) is 5.91 Å². The highest BCUT2D eigenvalue weighted by Crippen LogP contribution is 2.11. The minimum absolute atomic E-state index is 0.0282. The summed E-state index contributed by atoms with van der Waals surface area (Å²) in [7, 11) is 0. The molecule has 1 saturated heterocycles. The summed E-state index contributed by atoms with van der Waals surface area (Å²) in [6.07, 6.45) is -2.71. The lowest BCUT2D eigenvalue weighted by Gasteiger charge is -2.12. The second-order valence-electron chi connectivity index (χ2n) is 2.84. The molecule has 3 amide bonds. The maximum Gasteiger partial charge on any atom is 0.404 e. The smallest absolute Gasteiger partial charge is 0.404 e. The number of carbonyl (C=O) groups is 3. The molecule has 1 aliphatic heterocycles. The van der Waals surface area contributed by atoms with Gasteiger partial charge in [0, 0.05) is 13.1 Å². The van der Waals surface area contributed by atoms with Crippen LogP contribution in [0.25, 0.3) is 0 Å². The number of likely N-dealkylation sites (tertiary alicyclic amines) is 1. The number of hydrogen-bond acceptors (Lipinski definition) is 4. The number of carboxylic acid groups (broad SMARTS) is 1. The van der Waals surface area contributed by atoms with E-state index in [1.807, 2.05) is 5.32 Å². The largest absolute Gasteiger partial charge is 0.465 e. The van der Waals surface area contributed by atoms with Gasteiger partial charge in [-0.15, -0.1) is 0 Å². The number of carbonyl (C=O) groups excluding carboxylic acids is 2. The van der Waals surface area contributed by atoms with E-state index < -0.39 is 24.0 Å². The van der Waals surface area contributed by atoms with E-state index in [4.69, 9.17) is 10.2 Å². The van der Waals surface area contributed by atoms with Crippen LogP contribution in [0.1, 0.15) is 6.42 Å². The molecule has 78 valence electrons. The summed E-state index contributed by atoms with van der Waals surface area (Å²) in [6, 6.07) is 0. The lowest BCUT2D eigenvalue weighted by atomic mass is 10.3. The third-order valence-corrected chi connectivity index (χ3v) is 1.83. The first-order chi connectivity index (χ1) is 6.52. The lowest BCUT2D eigenvalue weighted by Crippen LogP contribution is -2.38. The highest BCUT2D eigenvalue weighted by Gasteiger charge is 2.36. The van der Waals surface area contributed by atoms with Crippen LogP contribution in [0.5, 0.6) is 0 Å². The number of aliphatic hydroxyl groups excluding tert-OH is 1. The summed E-state index contributed by atoms with van der Waals surface area (Å²) in [5.74, 6) is -1.14. The van der Waals surface area contributed by atoms with Crippen molar-refractivity contribution in [3.05, 3.63) is 0 Å². The van der Waals surface area contributed by atoms with Crippen LogP contribution in [0.4, 0.5) is 4.79 Å². The lowest BCUT2D eigenvalue weighted by molar-refractivity contribution is -0.140. The van der Waals surface area contributed by atoms with E-state index in [2.05, 4.69) is 0 Å². The van der Waals surface area contributed by atoms with E-state index in [0.29, 0.717) is 0 Å². The van der Waals surface area contributed by atoms with Crippen molar-refractivity contribution in [3.63, 3.8) is 0 Å². The van der Waals surface area contributed by atoms with E-state index in [9.17, 15) is 14.4 Å². The van der Waals surface area contributed by atoms with E-state index in [1.165, 1.54) is 0 Å². The number of nitrogens with one attached hydrogen (secondary N) is 1. The number of aliphatic hydroxyl groups is 1. The van der Waals surface area contributed by atoms with Crippen molar-refractivity contribution in [3.8, 4) is 0 Å². The van der Waals surface area contributed by atoms with Crippen LogP contribution in [-0.4, -0.2) is 52.2 Å². The summed E-state index contributed by atoms with van der Waals surface area (Å²) in [5.41, 5.74) is 0. The third kappa shape index (κ3) is 2.19. The van der Waals surface area contributed by atoms with E-state index in [-0.39, 0.29) is 19.5 Å². The first kappa shape index (κ1) is 10.5. The van der Waals surface area contributed by atoms with Crippen LogP contribution in [0, 0.1) is 0 Å². The third-order valence-electron chi connectivity index (χ3n) is 1.83. The summed E-state index contributed by atoms with van der Waals surface area (Å²) in [4.78, 5) is 33.0. The van der Waals surface area contributed by atoms with Crippen LogP contribution < -0.4 is 5.32 Å². The molecule has 1 rings (SSSR count). The zero-order chi connectivity index (χ0) is 10.7. The molecule has 1 fully saturated rings. The van der Waals surface area contributed by atoms with Crippen LogP contribution >= 0.6 is 0 Å². The Morgan fingerprint density at radius 3 is 2.64 bits per heavy atom. The van der Waals surface area contributed by atoms with Crippen molar-refractivity contribution in [2.75, 3.05) is 13.1 Å². The molecule has 1 atom stereocenters. The highest BCUT2D eigenvalue weighted by molar-refractivity contribution is 6.04. The predicted octanol–water partition coefficient (Wildman–Crippen LogP) is -1.63. The molecule has 0 radical (unpaired) electrons. The minimum Gasteiger partial charge on any atom is -0.465 e. The molecule has 1 unspecified atom stereocenters. The zero-order valence-corrected chi connectivity index (χ0v) is 7.27. The Morgan fingerprint density at radius 2 is 2.21 bits per heavy atom. The molecule has 0 aromatic rings. The second-order valence-corrected chi connectivity index (χ2v) is 2.84. The molecule has 3 N–H and O–H groups in total. The average molecular weight is 202 g/mol. The van der Waals surface area contributed by atoms with Gasteiger partial charge >= 0.3 is 6.09 Å². The highest BCUT2D eigenvalue weighted by atomic mass is 16.4. The molecule has 0 aliphatic carbocycles. The van der Waals surface area contributed by atoms with Crippen LogP contribution in [0.3, 0.4) is 0 Å². The summed E-state index contributed by atoms with van der Waals surface area (Å²) >= 11 is 0. The van der Waals surface area contributed by atoms with E-state index in [0.717, 1.165) is 4.90 Å². The standard InChI is InChI=1S/C7H10N2O5/c10-4-3-5(11)9(6(4)12)2-1-8-7(13)14/h4,8,10H,1-3H2,(H,13,14). The fourth-order valence-electron chi connectivity index (χ4n) is 1.18. The number of amides is 3. The van der Waals surface area contributed by atoms with Gasteiger partial charge in [0.05, 0.1) is 6.42 Å². The van der Waals surface area contributed by atoms with Crippen LogP contribution in [-0.2, 0) is 9.59 Å². The van der Waals surface area contributed by atoms with E-state index >= 15 is 0 Å². The Labute approximate surface area is 79.3 Å². The molecule has 7 nitrogen and oxygen atoms in total. The molecule has 0 aromatic heterocycles. The maximum absolute atomic E-state index is 11.1. The minimum atomic E-state index is -1.27. The zero-order valence-electron chi connectivity index (χ0n) is 7.27. The second kappa shape index (κ2) is 4.05. The van der Waals surface area contributed by atoms with Gasteiger partial charge in [-0.3, -0.25) is 14.5 Å². The van der Waals surface area contributed by atoms with Crippen LogP contribution in [0.15, 0.2) is 0 Å².